The van der Waals surface area contributed by atoms with Crippen LogP contribution in [0.3, 0.4) is 0 Å². The molecule has 0 spiro atoms. The number of thiophene rings is 1. The summed E-state index contributed by atoms with van der Waals surface area (Å²) in [5, 5.41) is 12.7. The second-order valence-corrected chi connectivity index (χ2v) is 7.84. The van der Waals surface area contributed by atoms with Crippen molar-refractivity contribution >= 4 is 33.3 Å². The molecule has 0 amide bonds. The van der Waals surface area contributed by atoms with Gasteiger partial charge < -0.3 is 4.98 Å². The van der Waals surface area contributed by atoms with Crippen LogP contribution in [0.4, 0.5) is 0 Å². The first kappa shape index (κ1) is 17.0. The van der Waals surface area contributed by atoms with Crippen LogP contribution in [0.15, 0.2) is 59.9 Å². The molecule has 2 N–H and O–H groups in total. The predicted octanol–water partition coefficient (Wildman–Crippen LogP) is 5.00. The maximum absolute atomic E-state index is 4.88. The van der Waals surface area contributed by atoms with Crippen LogP contribution in [0.2, 0.25) is 0 Å². The lowest BCUT2D eigenvalue weighted by Gasteiger charge is -2.04. The van der Waals surface area contributed by atoms with Gasteiger partial charge in [-0.2, -0.15) is 16.4 Å². The van der Waals surface area contributed by atoms with Gasteiger partial charge in [-0.3, -0.25) is 20.1 Å². The molecule has 6 aromatic heterocycles. The molecule has 7 nitrogen and oxygen atoms in total. The van der Waals surface area contributed by atoms with E-state index in [1.807, 2.05) is 24.5 Å². The Bertz CT molecular complexity index is 1510. The van der Waals surface area contributed by atoms with Crippen molar-refractivity contribution < 1.29 is 0 Å². The van der Waals surface area contributed by atoms with E-state index in [-0.39, 0.29) is 0 Å². The lowest BCUT2D eigenvalue weighted by molar-refractivity contribution is 1.10. The van der Waals surface area contributed by atoms with Crippen molar-refractivity contribution in [1.29, 1.82) is 0 Å². The molecule has 0 saturated heterocycles. The smallest absolute Gasteiger partial charge is 0.159 e. The molecular formula is C22H15N7S. The normalized spacial score (nSPS) is 11.5. The third kappa shape index (κ3) is 2.61. The van der Waals surface area contributed by atoms with Crippen LogP contribution in [0, 0.1) is 6.92 Å². The summed E-state index contributed by atoms with van der Waals surface area (Å²) in [6, 6.07) is 6.09. The minimum Gasteiger partial charge on any atom is -0.335 e. The molecule has 0 aliphatic carbocycles. The zero-order valence-corrected chi connectivity index (χ0v) is 16.7. The molecule has 0 bridgehead atoms. The Hall–Kier alpha value is -3.91. The second kappa shape index (κ2) is 6.57. The molecule has 144 valence electrons. The van der Waals surface area contributed by atoms with Gasteiger partial charge in [0.15, 0.2) is 5.82 Å². The first-order valence-electron chi connectivity index (χ1n) is 9.40. The maximum Gasteiger partial charge on any atom is 0.159 e. The number of rotatable bonds is 3. The highest BCUT2D eigenvalue weighted by Crippen LogP contribution is 2.32. The third-order valence-corrected chi connectivity index (χ3v) is 5.90. The first-order chi connectivity index (χ1) is 14.8. The zero-order valence-electron chi connectivity index (χ0n) is 15.9. The number of aryl methyl sites for hydroxylation is 1. The maximum atomic E-state index is 4.88. The van der Waals surface area contributed by atoms with Gasteiger partial charge >= 0.3 is 0 Å². The van der Waals surface area contributed by atoms with Crippen molar-refractivity contribution in [2.24, 2.45) is 0 Å². The van der Waals surface area contributed by atoms with Gasteiger partial charge in [0.25, 0.3) is 0 Å². The van der Waals surface area contributed by atoms with Crippen LogP contribution in [0.25, 0.3) is 55.8 Å². The van der Waals surface area contributed by atoms with Crippen LogP contribution < -0.4 is 0 Å². The molecule has 6 rings (SSSR count). The van der Waals surface area contributed by atoms with Crippen LogP contribution in [0.1, 0.15) is 5.56 Å². The molecule has 0 radical (unpaired) electrons. The minimum atomic E-state index is 0.695. The average molecular weight is 409 g/mol. The highest BCUT2D eigenvalue weighted by molar-refractivity contribution is 7.08. The Kier molecular flexibility index (Phi) is 3.72. The number of pyridine rings is 3. The Labute approximate surface area is 174 Å². The molecule has 30 heavy (non-hydrogen) atoms. The SMILES string of the molecule is Cc1ccncc1-c1cc2c(-c3nc4c(-c5ccsc5)cncc4[nH]3)n[nH]c2cn1. The number of imidazole rings is 1. The van der Waals surface area contributed by atoms with E-state index in [2.05, 4.69) is 53.9 Å². The van der Waals surface area contributed by atoms with Gasteiger partial charge in [0.05, 0.1) is 29.1 Å². The summed E-state index contributed by atoms with van der Waals surface area (Å²) in [7, 11) is 0. The highest BCUT2D eigenvalue weighted by Gasteiger charge is 2.17. The quantitative estimate of drug-likeness (QED) is 0.429. The summed E-state index contributed by atoms with van der Waals surface area (Å²) >= 11 is 1.65. The summed E-state index contributed by atoms with van der Waals surface area (Å²) in [4.78, 5) is 21.5. The Morgan fingerprint density at radius 1 is 0.967 bits per heavy atom. The number of nitrogens with zero attached hydrogens (tertiary/aromatic N) is 5. The van der Waals surface area contributed by atoms with Gasteiger partial charge in [-0.25, -0.2) is 4.98 Å². The Balaban J connectivity index is 1.53. The number of hydrogen-bond donors (Lipinski definition) is 2. The number of nitrogens with one attached hydrogen (secondary N) is 2. The third-order valence-electron chi connectivity index (χ3n) is 5.21. The fourth-order valence-electron chi connectivity index (χ4n) is 3.65. The highest BCUT2D eigenvalue weighted by atomic mass is 32.1. The van der Waals surface area contributed by atoms with E-state index in [4.69, 9.17) is 4.98 Å². The van der Waals surface area contributed by atoms with E-state index < -0.39 is 0 Å². The van der Waals surface area contributed by atoms with Crippen molar-refractivity contribution in [3.8, 4) is 33.9 Å². The van der Waals surface area contributed by atoms with Crippen LogP contribution in [-0.4, -0.2) is 35.1 Å². The molecular weight excluding hydrogens is 394 g/mol. The molecule has 0 aliphatic heterocycles. The number of fused-ring (bicyclic) bond motifs is 2. The van der Waals surface area contributed by atoms with Crippen molar-refractivity contribution in [3.05, 3.63) is 65.5 Å². The lowest BCUT2D eigenvalue weighted by atomic mass is 10.1. The largest absolute Gasteiger partial charge is 0.335 e. The van der Waals surface area contributed by atoms with Crippen LogP contribution in [0.5, 0.6) is 0 Å². The topological polar surface area (TPSA) is 96.0 Å². The summed E-state index contributed by atoms with van der Waals surface area (Å²) in [5.74, 6) is 0.695. The molecule has 0 unspecified atom stereocenters. The van der Waals surface area contributed by atoms with Crippen molar-refractivity contribution in [1.82, 2.24) is 35.1 Å². The fraction of sp³-hybridized carbons (Fsp3) is 0.0455. The Morgan fingerprint density at radius 2 is 1.90 bits per heavy atom. The van der Waals surface area contributed by atoms with Gasteiger partial charge in [0.2, 0.25) is 0 Å². The lowest BCUT2D eigenvalue weighted by Crippen LogP contribution is -1.88. The van der Waals surface area contributed by atoms with Crippen LogP contribution >= 0.6 is 11.3 Å². The molecule has 8 heteroatoms. The Morgan fingerprint density at radius 3 is 2.77 bits per heavy atom. The van der Waals surface area contributed by atoms with E-state index in [1.54, 1.807) is 29.9 Å². The average Bonchev–Trinajstić information content (AvgIpc) is 3.51. The van der Waals surface area contributed by atoms with Crippen molar-refractivity contribution in [2.75, 3.05) is 0 Å². The number of aromatic amines is 2. The van der Waals surface area contributed by atoms with E-state index in [1.165, 1.54) is 0 Å². The van der Waals surface area contributed by atoms with Crippen LogP contribution in [-0.2, 0) is 0 Å². The summed E-state index contributed by atoms with van der Waals surface area (Å²) < 4.78 is 0. The van der Waals surface area contributed by atoms with Crippen molar-refractivity contribution in [2.45, 2.75) is 6.92 Å². The molecule has 6 heterocycles. The van der Waals surface area contributed by atoms with Gasteiger partial charge in [-0.05, 0) is 47.0 Å². The van der Waals surface area contributed by atoms with E-state index >= 15 is 0 Å². The molecule has 6 aromatic rings. The molecule has 0 fully saturated rings. The number of H-pyrrole nitrogens is 2. The van der Waals surface area contributed by atoms with Gasteiger partial charge in [0, 0.05) is 35.1 Å². The minimum absolute atomic E-state index is 0.695. The number of aromatic nitrogens is 7. The fourth-order valence-corrected chi connectivity index (χ4v) is 4.31. The van der Waals surface area contributed by atoms with Gasteiger partial charge in [0.1, 0.15) is 11.2 Å². The second-order valence-electron chi connectivity index (χ2n) is 7.06. The van der Waals surface area contributed by atoms with E-state index in [9.17, 15) is 0 Å². The van der Waals surface area contributed by atoms with Crippen molar-refractivity contribution in [3.63, 3.8) is 0 Å². The molecule has 0 atom stereocenters. The number of hydrogen-bond acceptors (Lipinski definition) is 6. The van der Waals surface area contributed by atoms with E-state index in [0.717, 1.165) is 55.6 Å². The van der Waals surface area contributed by atoms with Gasteiger partial charge in [-0.1, -0.05) is 0 Å². The standard InChI is InChI=1S/C22H15N7S/c1-12-2-4-23-7-15(12)17-6-14-18(10-25-17)28-29-21(14)22-26-19-9-24-8-16(20(19)27-22)13-3-5-30-11-13/h2-11H,1H3,(H,26,27)(H,28,29). The van der Waals surface area contributed by atoms with E-state index in [0.29, 0.717) is 5.82 Å². The molecule has 0 aromatic carbocycles. The summed E-state index contributed by atoms with van der Waals surface area (Å²) in [6.07, 6.45) is 9.07. The summed E-state index contributed by atoms with van der Waals surface area (Å²) in [5.41, 5.74) is 8.46. The molecule has 0 aliphatic rings. The first-order valence-corrected chi connectivity index (χ1v) is 10.3. The summed E-state index contributed by atoms with van der Waals surface area (Å²) in [6.45, 7) is 2.05. The predicted molar refractivity (Wildman–Crippen MR) is 118 cm³/mol. The van der Waals surface area contributed by atoms with Gasteiger partial charge in [-0.15, -0.1) is 0 Å². The zero-order chi connectivity index (χ0) is 20.1. The monoisotopic (exact) mass is 409 g/mol. The molecule has 0 saturated carbocycles.